The summed E-state index contributed by atoms with van der Waals surface area (Å²) < 4.78 is 6.19. The van der Waals surface area contributed by atoms with Gasteiger partial charge >= 0.3 is 0 Å². The summed E-state index contributed by atoms with van der Waals surface area (Å²) in [5.74, 6) is 1.83. The maximum Gasteiger partial charge on any atom is 0.129 e. The first-order valence-electron chi connectivity index (χ1n) is 5.66. The van der Waals surface area contributed by atoms with Crippen molar-refractivity contribution in [3.05, 3.63) is 52.6 Å². The second kappa shape index (κ2) is 5.87. The molecule has 2 rings (SSSR count). The highest BCUT2D eigenvalue weighted by Gasteiger charge is 2.07. The fourth-order valence-corrected chi connectivity index (χ4v) is 2.11. The largest absolute Gasteiger partial charge is 0.496 e. The first-order valence-corrected chi connectivity index (χ1v) is 6.45. The van der Waals surface area contributed by atoms with E-state index in [-0.39, 0.29) is 0 Å². The standard InChI is InChI=1S/C14H15BrN2O/c1-17(14-9-5-8-13(15)16-14)10-11-6-3-4-7-12(11)18-2/h3-9H,10H2,1-2H3. The van der Waals surface area contributed by atoms with Crippen molar-refractivity contribution >= 4 is 21.7 Å². The van der Waals surface area contributed by atoms with Crippen LogP contribution in [0.4, 0.5) is 5.82 Å². The van der Waals surface area contributed by atoms with Crippen LogP contribution in [-0.2, 0) is 6.54 Å². The Balaban J connectivity index is 2.18. The van der Waals surface area contributed by atoms with Gasteiger partial charge in [0.05, 0.1) is 7.11 Å². The topological polar surface area (TPSA) is 25.4 Å². The minimum atomic E-state index is 0.757. The molecule has 0 atom stereocenters. The quantitative estimate of drug-likeness (QED) is 0.809. The molecule has 2 aromatic rings. The van der Waals surface area contributed by atoms with Crippen LogP contribution < -0.4 is 9.64 Å². The maximum atomic E-state index is 5.35. The lowest BCUT2D eigenvalue weighted by molar-refractivity contribution is 0.409. The molecular formula is C14H15BrN2O. The number of pyridine rings is 1. The van der Waals surface area contributed by atoms with E-state index in [0.29, 0.717) is 0 Å². The Bertz CT molecular complexity index is 531. The molecule has 1 heterocycles. The molecule has 0 amide bonds. The molecule has 0 bridgehead atoms. The number of hydrogen-bond acceptors (Lipinski definition) is 3. The number of rotatable bonds is 4. The minimum absolute atomic E-state index is 0.757. The minimum Gasteiger partial charge on any atom is -0.496 e. The third-order valence-corrected chi connectivity index (χ3v) is 3.13. The molecule has 3 nitrogen and oxygen atoms in total. The number of halogens is 1. The van der Waals surface area contributed by atoms with Gasteiger partial charge in [0.25, 0.3) is 0 Å². The van der Waals surface area contributed by atoms with E-state index >= 15 is 0 Å². The van der Waals surface area contributed by atoms with E-state index in [2.05, 4.69) is 31.9 Å². The Hall–Kier alpha value is -1.55. The summed E-state index contributed by atoms with van der Waals surface area (Å²) in [6, 6.07) is 13.9. The Morgan fingerprint density at radius 3 is 2.67 bits per heavy atom. The molecule has 4 heteroatoms. The van der Waals surface area contributed by atoms with Crippen LogP contribution in [0.1, 0.15) is 5.56 Å². The van der Waals surface area contributed by atoms with Crippen LogP contribution in [0.15, 0.2) is 47.1 Å². The van der Waals surface area contributed by atoms with Crippen LogP contribution in [-0.4, -0.2) is 19.1 Å². The highest BCUT2D eigenvalue weighted by molar-refractivity contribution is 9.10. The summed E-state index contributed by atoms with van der Waals surface area (Å²) in [5.41, 5.74) is 1.14. The van der Waals surface area contributed by atoms with Crippen LogP contribution in [0.3, 0.4) is 0 Å². The van der Waals surface area contributed by atoms with Crippen LogP contribution in [0, 0.1) is 0 Å². The second-order valence-electron chi connectivity index (χ2n) is 3.99. The van der Waals surface area contributed by atoms with Gasteiger partial charge in [0, 0.05) is 19.2 Å². The van der Waals surface area contributed by atoms with Gasteiger partial charge in [-0.2, -0.15) is 0 Å². The van der Waals surface area contributed by atoms with Gasteiger partial charge in [-0.05, 0) is 34.1 Å². The summed E-state index contributed by atoms with van der Waals surface area (Å²) in [7, 11) is 3.71. The monoisotopic (exact) mass is 306 g/mol. The molecule has 0 saturated heterocycles. The Morgan fingerprint density at radius 1 is 1.17 bits per heavy atom. The Labute approximate surface area is 116 Å². The summed E-state index contributed by atoms with van der Waals surface area (Å²) in [6.07, 6.45) is 0. The zero-order valence-electron chi connectivity index (χ0n) is 10.4. The number of hydrogen-bond donors (Lipinski definition) is 0. The number of nitrogens with zero attached hydrogens (tertiary/aromatic N) is 2. The molecule has 0 radical (unpaired) electrons. The second-order valence-corrected chi connectivity index (χ2v) is 4.80. The zero-order chi connectivity index (χ0) is 13.0. The highest BCUT2D eigenvalue weighted by atomic mass is 79.9. The van der Waals surface area contributed by atoms with Crippen LogP contribution in [0.25, 0.3) is 0 Å². The van der Waals surface area contributed by atoms with E-state index in [0.717, 1.165) is 28.3 Å². The Morgan fingerprint density at radius 2 is 1.94 bits per heavy atom. The van der Waals surface area contributed by atoms with Gasteiger partial charge in [-0.25, -0.2) is 4.98 Å². The number of anilines is 1. The van der Waals surface area contributed by atoms with Crippen molar-refractivity contribution < 1.29 is 4.74 Å². The lowest BCUT2D eigenvalue weighted by Gasteiger charge is -2.19. The zero-order valence-corrected chi connectivity index (χ0v) is 12.0. The number of methoxy groups -OCH3 is 1. The maximum absolute atomic E-state index is 5.35. The van der Waals surface area contributed by atoms with Crippen molar-refractivity contribution in [1.29, 1.82) is 0 Å². The first kappa shape index (κ1) is 12.9. The summed E-state index contributed by atoms with van der Waals surface area (Å²) >= 11 is 3.38. The molecule has 0 fully saturated rings. The van der Waals surface area contributed by atoms with Crippen LogP contribution in [0.2, 0.25) is 0 Å². The van der Waals surface area contributed by atoms with Crippen molar-refractivity contribution in [3.8, 4) is 5.75 Å². The van der Waals surface area contributed by atoms with Gasteiger partial charge in [0.2, 0.25) is 0 Å². The molecule has 0 aliphatic rings. The molecule has 1 aromatic heterocycles. The molecule has 0 unspecified atom stereocenters. The number of para-hydroxylation sites is 1. The molecule has 0 aliphatic carbocycles. The molecule has 0 aliphatic heterocycles. The van der Waals surface area contributed by atoms with E-state index < -0.39 is 0 Å². The molecule has 18 heavy (non-hydrogen) atoms. The lowest BCUT2D eigenvalue weighted by atomic mass is 10.2. The van der Waals surface area contributed by atoms with Crippen molar-refractivity contribution in [2.75, 3.05) is 19.1 Å². The van der Waals surface area contributed by atoms with Crippen molar-refractivity contribution in [2.45, 2.75) is 6.54 Å². The van der Waals surface area contributed by atoms with Crippen LogP contribution in [0.5, 0.6) is 5.75 Å². The van der Waals surface area contributed by atoms with E-state index in [1.807, 2.05) is 43.4 Å². The SMILES string of the molecule is COc1ccccc1CN(C)c1cccc(Br)n1. The average Bonchev–Trinajstić information content (AvgIpc) is 2.39. The van der Waals surface area contributed by atoms with Gasteiger partial charge in [0.15, 0.2) is 0 Å². The van der Waals surface area contributed by atoms with Gasteiger partial charge in [-0.15, -0.1) is 0 Å². The van der Waals surface area contributed by atoms with Crippen LogP contribution >= 0.6 is 15.9 Å². The van der Waals surface area contributed by atoms with Gasteiger partial charge in [-0.3, -0.25) is 0 Å². The van der Waals surface area contributed by atoms with Crippen molar-refractivity contribution in [2.24, 2.45) is 0 Å². The summed E-state index contributed by atoms with van der Waals surface area (Å²) in [4.78, 5) is 6.51. The predicted molar refractivity (Wildman–Crippen MR) is 77.0 cm³/mol. The van der Waals surface area contributed by atoms with Crippen molar-refractivity contribution in [1.82, 2.24) is 4.98 Å². The fourth-order valence-electron chi connectivity index (χ4n) is 1.78. The fraction of sp³-hybridized carbons (Fsp3) is 0.214. The number of ether oxygens (including phenoxy) is 1. The first-order chi connectivity index (χ1) is 8.70. The number of benzene rings is 1. The summed E-state index contributed by atoms with van der Waals surface area (Å²) in [5, 5.41) is 0. The molecule has 94 valence electrons. The van der Waals surface area contributed by atoms with E-state index in [1.165, 1.54) is 0 Å². The Kier molecular flexibility index (Phi) is 4.20. The van der Waals surface area contributed by atoms with E-state index in [4.69, 9.17) is 4.74 Å². The third-order valence-electron chi connectivity index (χ3n) is 2.69. The summed E-state index contributed by atoms with van der Waals surface area (Å²) in [6.45, 7) is 0.757. The molecule has 0 spiro atoms. The normalized spacial score (nSPS) is 10.2. The highest BCUT2D eigenvalue weighted by Crippen LogP contribution is 2.21. The van der Waals surface area contributed by atoms with E-state index in [9.17, 15) is 0 Å². The van der Waals surface area contributed by atoms with E-state index in [1.54, 1.807) is 7.11 Å². The van der Waals surface area contributed by atoms with Gasteiger partial charge in [-0.1, -0.05) is 24.3 Å². The molecular weight excluding hydrogens is 292 g/mol. The van der Waals surface area contributed by atoms with Gasteiger partial charge < -0.3 is 9.64 Å². The molecule has 0 N–H and O–H groups in total. The smallest absolute Gasteiger partial charge is 0.129 e. The number of aromatic nitrogens is 1. The lowest BCUT2D eigenvalue weighted by Crippen LogP contribution is -2.18. The van der Waals surface area contributed by atoms with Crippen molar-refractivity contribution in [3.63, 3.8) is 0 Å². The molecule has 0 saturated carbocycles. The predicted octanol–water partition coefficient (Wildman–Crippen LogP) is 3.49. The average molecular weight is 307 g/mol. The molecule has 1 aromatic carbocycles. The van der Waals surface area contributed by atoms with Gasteiger partial charge in [0.1, 0.15) is 16.2 Å². The third kappa shape index (κ3) is 3.01.